The summed E-state index contributed by atoms with van der Waals surface area (Å²) < 4.78 is 18.5. The Morgan fingerprint density at radius 3 is 2.44 bits per heavy atom. The first-order valence-electron chi connectivity index (χ1n) is 6.03. The van der Waals surface area contributed by atoms with Crippen molar-refractivity contribution < 1.29 is 8.81 Å². The molecule has 0 bridgehead atoms. The zero-order chi connectivity index (χ0) is 12.6. The third-order valence-electron chi connectivity index (χ3n) is 2.63. The minimum atomic E-state index is -0.159. The lowest BCUT2D eigenvalue weighted by Gasteiger charge is -2.06. The molecule has 4 heteroatoms. The van der Waals surface area contributed by atoms with Gasteiger partial charge in [-0.05, 0) is 18.2 Å². The van der Waals surface area contributed by atoms with Gasteiger partial charge in [-0.15, -0.1) is 0 Å². The molecule has 3 nitrogen and oxygen atoms in total. The monoisotopic (exact) mass is 248 g/mol. The molecule has 0 radical (unpaired) electrons. The van der Waals surface area contributed by atoms with Crippen molar-refractivity contribution in [3.05, 3.63) is 59.8 Å². The summed E-state index contributed by atoms with van der Waals surface area (Å²) in [6.07, 6.45) is 1.66. The molecule has 0 amide bonds. The molecule has 0 aliphatic rings. The van der Waals surface area contributed by atoms with Crippen molar-refractivity contribution in [1.29, 1.82) is 0 Å². The summed E-state index contributed by atoms with van der Waals surface area (Å²) in [6.45, 7) is 2.87. The molecule has 1 aromatic heterocycles. The Morgan fingerprint density at radius 2 is 1.72 bits per heavy atom. The van der Waals surface area contributed by atoms with E-state index in [-0.39, 0.29) is 5.82 Å². The van der Waals surface area contributed by atoms with E-state index in [1.807, 2.05) is 18.2 Å². The molecule has 0 fully saturated rings. The van der Waals surface area contributed by atoms with E-state index in [9.17, 15) is 4.39 Å². The van der Waals surface area contributed by atoms with Gasteiger partial charge < -0.3 is 15.1 Å². The molecule has 0 unspecified atom stereocenters. The summed E-state index contributed by atoms with van der Waals surface area (Å²) in [5, 5.41) is 6.43. The van der Waals surface area contributed by atoms with Gasteiger partial charge in [0.15, 0.2) is 0 Å². The Balaban J connectivity index is 1.58. The minimum Gasteiger partial charge on any atom is -0.468 e. The van der Waals surface area contributed by atoms with Crippen LogP contribution in [0.25, 0.3) is 0 Å². The van der Waals surface area contributed by atoms with E-state index in [1.54, 1.807) is 18.4 Å². The van der Waals surface area contributed by atoms with Crippen LogP contribution in [-0.4, -0.2) is 13.1 Å². The van der Waals surface area contributed by atoms with E-state index in [2.05, 4.69) is 10.6 Å². The second kappa shape index (κ2) is 6.93. The summed E-state index contributed by atoms with van der Waals surface area (Å²) in [7, 11) is 0. The molecule has 0 saturated heterocycles. The molecule has 1 heterocycles. The summed E-state index contributed by atoms with van der Waals surface area (Å²) >= 11 is 0. The van der Waals surface area contributed by atoms with E-state index >= 15 is 0 Å². The summed E-state index contributed by atoms with van der Waals surface area (Å²) in [5.74, 6) is 0.762. The van der Waals surface area contributed by atoms with Crippen LogP contribution in [0.15, 0.2) is 47.1 Å². The molecule has 0 saturated carbocycles. The molecule has 2 rings (SSSR count). The van der Waals surface area contributed by atoms with E-state index in [4.69, 9.17) is 4.42 Å². The topological polar surface area (TPSA) is 37.2 Å². The third kappa shape index (κ3) is 3.98. The van der Waals surface area contributed by atoms with Gasteiger partial charge in [-0.2, -0.15) is 0 Å². The second-order valence-corrected chi connectivity index (χ2v) is 4.02. The maximum atomic E-state index is 13.3. The largest absolute Gasteiger partial charge is 0.468 e. The molecule has 18 heavy (non-hydrogen) atoms. The van der Waals surface area contributed by atoms with Crippen LogP contribution in [0.5, 0.6) is 0 Å². The molecular formula is C14H17FN2O. The maximum absolute atomic E-state index is 13.3. The smallest absolute Gasteiger partial charge is 0.127 e. The minimum absolute atomic E-state index is 0.159. The molecule has 2 N–H and O–H groups in total. The van der Waals surface area contributed by atoms with Gasteiger partial charge in [0.2, 0.25) is 0 Å². The molecule has 1 aromatic carbocycles. The fraction of sp³-hybridized carbons (Fsp3) is 0.286. The Morgan fingerprint density at radius 1 is 0.944 bits per heavy atom. The van der Waals surface area contributed by atoms with Crippen molar-refractivity contribution in [1.82, 2.24) is 10.6 Å². The normalized spacial score (nSPS) is 10.7. The van der Waals surface area contributed by atoms with E-state index < -0.39 is 0 Å². The highest BCUT2D eigenvalue weighted by Crippen LogP contribution is 2.05. The van der Waals surface area contributed by atoms with Crippen molar-refractivity contribution >= 4 is 0 Å². The molecule has 0 atom stereocenters. The predicted molar refractivity (Wildman–Crippen MR) is 68.5 cm³/mol. The summed E-state index contributed by atoms with van der Waals surface area (Å²) in [5.41, 5.74) is 0.698. The Bertz CT molecular complexity index is 457. The van der Waals surface area contributed by atoms with Gasteiger partial charge in [-0.3, -0.25) is 0 Å². The molecule has 0 spiro atoms. The molecule has 0 aliphatic heterocycles. The number of nitrogens with one attached hydrogen (secondary N) is 2. The van der Waals surface area contributed by atoms with Crippen LogP contribution in [0.3, 0.4) is 0 Å². The number of halogens is 1. The van der Waals surface area contributed by atoms with Crippen molar-refractivity contribution in [3.63, 3.8) is 0 Å². The van der Waals surface area contributed by atoms with E-state index in [0.717, 1.165) is 18.8 Å². The van der Waals surface area contributed by atoms with Gasteiger partial charge in [0.25, 0.3) is 0 Å². The standard InChI is InChI=1S/C14H17FN2O/c15-14-6-2-1-4-12(14)10-16-7-8-17-11-13-5-3-9-18-13/h1-6,9,16-17H,7-8,10-11H2. The van der Waals surface area contributed by atoms with Crippen molar-refractivity contribution in [2.75, 3.05) is 13.1 Å². The number of furan rings is 1. The Labute approximate surface area is 106 Å². The zero-order valence-electron chi connectivity index (χ0n) is 10.2. The van der Waals surface area contributed by atoms with E-state index in [0.29, 0.717) is 18.7 Å². The second-order valence-electron chi connectivity index (χ2n) is 4.02. The highest BCUT2D eigenvalue weighted by atomic mass is 19.1. The Hall–Kier alpha value is -1.65. The maximum Gasteiger partial charge on any atom is 0.127 e. The lowest BCUT2D eigenvalue weighted by molar-refractivity contribution is 0.479. The van der Waals surface area contributed by atoms with Crippen molar-refractivity contribution in [2.24, 2.45) is 0 Å². The third-order valence-corrected chi connectivity index (χ3v) is 2.63. The number of rotatable bonds is 7. The van der Waals surface area contributed by atoms with Crippen LogP contribution in [0.2, 0.25) is 0 Å². The van der Waals surface area contributed by atoms with Crippen LogP contribution in [-0.2, 0) is 13.1 Å². The van der Waals surface area contributed by atoms with Gasteiger partial charge in [0, 0.05) is 25.2 Å². The van der Waals surface area contributed by atoms with Crippen molar-refractivity contribution in [3.8, 4) is 0 Å². The Kier molecular flexibility index (Phi) is 4.93. The van der Waals surface area contributed by atoms with Crippen molar-refractivity contribution in [2.45, 2.75) is 13.1 Å². The number of benzene rings is 1. The summed E-state index contributed by atoms with van der Waals surface area (Å²) in [6, 6.07) is 10.6. The fourth-order valence-corrected chi connectivity index (χ4v) is 1.67. The average molecular weight is 248 g/mol. The lowest BCUT2D eigenvalue weighted by Crippen LogP contribution is -2.26. The zero-order valence-corrected chi connectivity index (χ0v) is 10.2. The molecule has 96 valence electrons. The van der Waals surface area contributed by atoms with E-state index in [1.165, 1.54) is 6.07 Å². The highest BCUT2D eigenvalue weighted by molar-refractivity contribution is 5.16. The van der Waals surface area contributed by atoms with Gasteiger partial charge >= 0.3 is 0 Å². The van der Waals surface area contributed by atoms with Gasteiger partial charge in [0.1, 0.15) is 11.6 Å². The van der Waals surface area contributed by atoms with Crippen LogP contribution >= 0.6 is 0 Å². The SMILES string of the molecule is Fc1ccccc1CNCCNCc1ccco1. The number of hydrogen-bond donors (Lipinski definition) is 2. The van der Waals surface area contributed by atoms with Gasteiger partial charge in [-0.1, -0.05) is 18.2 Å². The van der Waals surface area contributed by atoms with Gasteiger partial charge in [0.05, 0.1) is 12.8 Å². The van der Waals surface area contributed by atoms with Crippen LogP contribution in [0.1, 0.15) is 11.3 Å². The quantitative estimate of drug-likeness (QED) is 0.738. The number of hydrogen-bond acceptors (Lipinski definition) is 3. The van der Waals surface area contributed by atoms with Crippen LogP contribution < -0.4 is 10.6 Å². The van der Waals surface area contributed by atoms with Gasteiger partial charge in [-0.25, -0.2) is 4.39 Å². The first-order valence-corrected chi connectivity index (χ1v) is 6.03. The average Bonchev–Trinajstić information content (AvgIpc) is 2.89. The lowest BCUT2D eigenvalue weighted by atomic mass is 10.2. The fourth-order valence-electron chi connectivity index (χ4n) is 1.67. The highest BCUT2D eigenvalue weighted by Gasteiger charge is 1.99. The molecule has 0 aliphatic carbocycles. The van der Waals surface area contributed by atoms with Crippen LogP contribution in [0, 0.1) is 5.82 Å². The molecular weight excluding hydrogens is 231 g/mol. The van der Waals surface area contributed by atoms with Crippen LogP contribution in [0.4, 0.5) is 4.39 Å². The predicted octanol–water partition coefficient (Wildman–Crippen LogP) is 2.30. The first kappa shape index (κ1) is 12.8. The molecule has 2 aromatic rings. The first-order chi connectivity index (χ1) is 8.86. The summed E-state index contributed by atoms with van der Waals surface area (Å²) in [4.78, 5) is 0.